The lowest BCUT2D eigenvalue weighted by Crippen LogP contribution is -2.29. The molecular formula is C14H25N5S. The van der Waals surface area contributed by atoms with Gasteiger partial charge in [-0.15, -0.1) is 0 Å². The molecule has 0 aliphatic heterocycles. The van der Waals surface area contributed by atoms with Crippen LogP contribution in [0, 0.1) is 4.77 Å². The van der Waals surface area contributed by atoms with Crippen LogP contribution in [-0.2, 0) is 13.5 Å². The number of likely N-dealkylation sites (N-methyl/N-ethyl adjacent to an activating group) is 1. The number of H-pyrrole nitrogens is 1. The molecule has 0 bridgehead atoms. The van der Waals surface area contributed by atoms with E-state index in [1.165, 1.54) is 0 Å². The molecule has 2 aromatic rings. The van der Waals surface area contributed by atoms with E-state index in [-0.39, 0.29) is 0 Å². The highest BCUT2D eigenvalue weighted by molar-refractivity contribution is 7.71. The van der Waals surface area contributed by atoms with Crippen LogP contribution in [0.25, 0.3) is 11.2 Å². The van der Waals surface area contributed by atoms with Gasteiger partial charge in [0, 0.05) is 19.6 Å². The van der Waals surface area contributed by atoms with Crippen molar-refractivity contribution in [3.63, 3.8) is 0 Å². The monoisotopic (exact) mass is 295 g/mol. The summed E-state index contributed by atoms with van der Waals surface area (Å²) in [6.07, 6.45) is 0.914. The Labute approximate surface area is 125 Å². The zero-order chi connectivity index (χ0) is 14.9. The third-order valence-electron chi connectivity index (χ3n) is 3.96. The number of aryl methyl sites for hydroxylation is 2. The van der Waals surface area contributed by atoms with Crippen LogP contribution in [0.2, 0.25) is 0 Å². The Hall–Kier alpha value is -1.14. The molecule has 0 radical (unpaired) electrons. The van der Waals surface area contributed by atoms with E-state index in [9.17, 15) is 0 Å². The fourth-order valence-corrected chi connectivity index (χ4v) is 3.20. The average molecular weight is 295 g/mol. The number of hydrogen-bond donors (Lipinski definition) is 1. The van der Waals surface area contributed by atoms with Gasteiger partial charge in [-0.1, -0.05) is 20.8 Å². The fourth-order valence-electron chi connectivity index (χ4n) is 2.83. The second-order valence-corrected chi connectivity index (χ2v) is 5.64. The molecule has 1 unspecified atom stereocenters. The van der Waals surface area contributed by atoms with E-state index < -0.39 is 0 Å². The van der Waals surface area contributed by atoms with Crippen molar-refractivity contribution >= 4 is 23.4 Å². The Morgan fingerprint density at radius 2 is 1.95 bits per heavy atom. The molecule has 0 fully saturated rings. The van der Waals surface area contributed by atoms with Crippen molar-refractivity contribution in [2.75, 3.05) is 19.6 Å². The Balaban J connectivity index is 2.46. The van der Waals surface area contributed by atoms with E-state index >= 15 is 0 Å². The molecule has 0 saturated carbocycles. The van der Waals surface area contributed by atoms with Crippen molar-refractivity contribution in [3.05, 3.63) is 10.5 Å². The predicted octanol–water partition coefficient (Wildman–Crippen LogP) is 2.90. The lowest BCUT2D eigenvalue weighted by molar-refractivity contribution is 0.261. The molecule has 6 heteroatoms. The standard InChI is InChI=1S/C14H25N5S/c1-6-11-12-13(17(5)16-11)19(14(20)15-12)10(4)9-18(7-2)8-3/h10H,6-9H2,1-5H3,(H,15,20). The molecule has 5 nitrogen and oxygen atoms in total. The molecule has 0 amide bonds. The van der Waals surface area contributed by atoms with Crippen LogP contribution >= 0.6 is 12.2 Å². The molecule has 0 saturated heterocycles. The van der Waals surface area contributed by atoms with Crippen molar-refractivity contribution in [1.29, 1.82) is 0 Å². The molecule has 2 rings (SSSR count). The summed E-state index contributed by atoms with van der Waals surface area (Å²) in [4.78, 5) is 5.75. The van der Waals surface area contributed by atoms with Crippen molar-refractivity contribution in [1.82, 2.24) is 24.2 Å². The number of nitrogens with one attached hydrogen (secondary N) is 1. The molecule has 0 aromatic carbocycles. The summed E-state index contributed by atoms with van der Waals surface area (Å²) in [7, 11) is 1.99. The maximum Gasteiger partial charge on any atom is 0.179 e. The molecule has 1 N–H and O–H groups in total. The molecule has 0 aliphatic carbocycles. The van der Waals surface area contributed by atoms with E-state index in [1.807, 2.05) is 11.7 Å². The topological polar surface area (TPSA) is 41.8 Å². The third-order valence-corrected chi connectivity index (χ3v) is 4.26. The second-order valence-electron chi connectivity index (χ2n) is 5.26. The largest absolute Gasteiger partial charge is 0.328 e. The molecule has 112 valence electrons. The van der Waals surface area contributed by atoms with Crippen molar-refractivity contribution in [3.8, 4) is 0 Å². The highest BCUT2D eigenvalue weighted by Gasteiger charge is 2.18. The van der Waals surface area contributed by atoms with Gasteiger partial charge in [0.15, 0.2) is 10.4 Å². The fraction of sp³-hybridized carbons (Fsp3) is 0.714. The van der Waals surface area contributed by atoms with Gasteiger partial charge in [-0.3, -0.25) is 9.25 Å². The van der Waals surface area contributed by atoms with E-state index in [0.717, 1.165) is 47.7 Å². The smallest absolute Gasteiger partial charge is 0.179 e. The maximum atomic E-state index is 5.52. The molecule has 2 aromatic heterocycles. The van der Waals surface area contributed by atoms with E-state index in [4.69, 9.17) is 12.2 Å². The summed E-state index contributed by atoms with van der Waals surface area (Å²) in [5, 5.41) is 4.58. The minimum atomic E-state index is 0.330. The summed E-state index contributed by atoms with van der Waals surface area (Å²) in [6, 6.07) is 0.330. The van der Waals surface area contributed by atoms with E-state index in [0.29, 0.717) is 6.04 Å². The van der Waals surface area contributed by atoms with E-state index in [2.05, 4.69) is 47.2 Å². The third kappa shape index (κ3) is 2.54. The van der Waals surface area contributed by atoms with E-state index in [1.54, 1.807) is 0 Å². The van der Waals surface area contributed by atoms with Gasteiger partial charge in [-0.05, 0) is 38.7 Å². The normalized spacial score (nSPS) is 13.5. The SMILES string of the molecule is CCc1nn(C)c2c1[nH]c(=S)n2C(C)CN(CC)CC. The maximum absolute atomic E-state index is 5.52. The molecule has 2 heterocycles. The van der Waals surface area contributed by atoms with Crippen molar-refractivity contribution in [2.24, 2.45) is 7.05 Å². The molecule has 1 atom stereocenters. The molecular weight excluding hydrogens is 270 g/mol. The minimum absolute atomic E-state index is 0.330. The number of fused-ring (bicyclic) bond motifs is 1. The number of imidazole rings is 1. The van der Waals surface area contributed by atoms with Crippen LogP contribution in [0.3, 0.4) is 0 Å². The van der Waals surface area contributed by atoms with Crippen molar-refractivity contribution < 1.29 is 0 Å². The van der Waals surface area contributed by atoms with Crippen LogP contribution in [0.15, 0.2) is 0 Å². The number of aromatic amines is 1. The van der Waals surface area contributed by atoms with Crippen LogP contribution in [0.1, 0.15) is 39.4 Å². The Bertz CT molecular complexity index is 632. The first-order chi connectivity index (χ1) is 9.53. The first-order valence-corrected chi connectivity index (χ1v) is 7.82. The minimum Gasteiger partial charge on any atom is -0.328 e. The lowest BCUT2D eigenvalue weighted by atomic mass is 10.3. The van der Waals surface area contributed by atoms with Crippen LogP contribution < -0.4 is 0 Å². The Morgan fingerprint density at radius 3 is 2.50 bits per heavy atom. The molecule has 0 aliphatic rings. The zero-order valence-electron chi connectivity index (χ0n) is 13.1. The summed E-state index contributed by atoms with van der Waals surface area (Å²) in [5.41, 5.74) is 3.28. The second kappa shape index (κ2) is 6.10. The van der Waals surface area contributed by atoms with Crippen LogP contribution in [0.5, 0.6) is 0 Å². The number of hydrogen-bond acceptors (Lipinski definition) is 3. The van der Waals surface area contributed by atoms with Gasteiger partial charge in [-0.2, -0.15) is 5.10 Å². The number of rotatable bonds is 6. The first kappa shape index (κ1) is 15.3. The van der Waals surface area contributed by atoms with Crippen LogP contribution in [-0.4, -0.2) is 43.9 Å². The highest BCUT2D eigenvalue weighted by Crippen LogP contribution is 2.22. The Morgan fingerprint density at radius 1 is 1.30 bits per heavy atom. The van der Waals surface area contributed by atoms with Gasteiger partial charge in [0.1, 0.15) is 5.52 Å². The van der Waals surface area contributed by atoms with Crippen molar-refractivity contribution in [2.45, 2.75) is 40.2 Å². The quantitative estimate of drug-likeness (QED) is 0.833. The predicted molar refractivity (Wildman–Crippen MR) is 85.8 cm³/mol. The number of aromatic nitrogens is 4. The zero-order valence-corrected chi connectivity index (χ0v) is 13.9. The first-order valence-electron chi connectivity index (χ1n) is 7.41. The van der Waals surface area contributed by atoms with Gasteiger partial charge >= 0.3 is 0 Å². The summed E-state index contributed by atoms with van der Waals surface area (Å²) < 4.78 is 4.94. The van der Waals surface area contributed by atoms with Gasteiger partial charge in [0.05, 0.1) is 5.69 Å². The Kier molecular flexibility index (Phi) is 4.65. The molecule has 0 spiro atoms. The molecule has 20 heavy (non-hydrogen) atoms. The average Bonchev–Trinajstić information content (AvgIpc) is 2.92. The summed E-state index contributed by atoms with van der Waals surface area (Å²) in [5.74, 6) is 0. The highest BCUT2D eigenvalue weighted by atomic mass is 32.1. The summed E-state index contributed by atoms with van der Waals surface area (Å²) in [6.45, 7) is 11.9. The van der Waals surface area contributed by atoms with Gasteiger partial charge < -0.3 is 9.88 Å². The van der Waals surface area contributed by atoms with Gasteiger partial charge in [0.2, 0.25) is 0 Å². The van der Waals surface area contributed by atoms with Gasteiger partial charge in [0.25, 0.3) is 0 Å². The van der Waals surface area contributed by atoms with Crippen LogP contribution in [0.4, 0.5) is 0 Å². The number of nitrogens with zero attached hydrogens (tertiary/aromatic N) is 4. The lowest BCUT2D eigenvalue weighted by Gasteiger charge is -2.23. The van der Waals surface area contributed by atoms with Gasteiger partial charge in [-0.25, -0.2) is 0 Å². The summed E-state index contributed by atoms with van der Waals surface area (Å²) >= 11 is 5.52.